The summed E-state index contributed by atoms with van der Waals surface area (Å²) in [7, 11) is 0. The first kappa shape index (κ1) is 10.6. The van der Waals surface area contributed by atoms with E-state index in [0.717, 1.165) is 0 Å². The number of phenolic OH excluding ortho intramolecular Hbond substituents is 1. The van der Waals surface area contributed by atoms with Crippen molar-refractivity contribution >= 4 is 5.78 Å². The van der Waals surface area contributed by atoms with Gasteiger partial charge in [-0.3, -0.25) is 4.79 Å². The lowest BCUT2D eigenvalue weighted by atomic mass is 10.1. The highest BCUT2D eigenvalue weighted by atomic mass is 16.5. The number of phenols is 1. The Hall–Kier alpha value is -1.51. The average molecular weight is 194 g/mol. The Kier molecular flexibility index (Phi) is 3.51. The second kappa shape index (κ2) is 4.65. The van der Waals surface area contributed by atoms with Gasteiger partial charge in [0.25, 0.3) is 0 Å². The number of ether oxygens (including phenoxy) is 1. The van der Waals surface area contributed by atoms with Crippen molar-refractivity contribution in [3.05, 3.63) is 23.8 Å². The summed E-state index contributed by atoms with van der Waals surface area (Å²) in [5, 5.41) is 9.43. The predicted molar refractivity (Wildman–Crippen MR) is 53.9 cm³/mol. The van der Waals surface area contributed by atoms with E-state index in [9.17, 15) is 9.90 Å². The largest absolute Gasteiger partial charge is 0.507 e. The molecule has 0 radical (unpaired) electrons. The van der Waals surface area contributed by atoms with Crippen LogP contribution < -0.4 is 4.74 Å². The zero-order valence-electron chi connectivity index (χ0n) is 8.41. The van der Waals surface area contributed by atoms with Gasteiger partial charge in [-0.25, -0.2) is 0 Å². The fraction of sp³-hybridized carbons (Fsp3) is 0.364. The van der Waals surface area contributed by atoms with Crippen LogP contribution in [0.15, 0.2) is 18.2 Å². The lowest BCUT2D eigenvalue weighted by molar-refractivity contribution is 0.0985. The number of hydrogen-bond acceptors (Lipinski definition) is 3. The highest BCUT2D eigenvalue weighted by molar-refractivity contribution is 5.98. The molecule has 0 aliphatic carbocycles. The molecule has 1 aromatic rings. The Morgan fingerprint density at radius 1 is 1.43 bits per heavy atom. The number of hydrogen-bond donors (Lipinski definition) is 1. The van der Waals surface area contributed by atoms with Gasteiger partial charge in [0.05, 0.1) is 12.2 Å². The minimum absolute atomic E-state index is 0.0142. The van der Waals surface area contributed by atoms with Gasteiger partial charge in [0.15, 0.2) is 5.78 Å². The third-order valence-electron chi connectivity index (χ3n) is 1.90. The standard InChI is InChI=1S/C11H14O3/c1-3-10(12)9-7-8(14-4-2)5-6-11(9)13/h5-7,13H,3-4H2,1-2H3. The summed E-state index contributed by atoms with van der Waals surface area (Å²) in [5.74, 6) is 0.548. The number of carbonyl (C=O) groups excluding carboxylic acids is 1. The Balaban J connectivity index is 3.01. The molecule has 0 saturated carbocycles. The third kappa shape index (κ3) is 2.25. The number of Topliss-reactive ketones (excluding diaryl/α,β-unsaturated/α-hetero) is 1. The molecule has 0 fully saturated rings. The quantitative estimate of drug-likeness (QED) is 0.748. The third-order valence-corrected chi connectivity index (χ3v) is 1.90. The van der Waals surface area contributed by atoms with Crippen molar-refractivity contribution in [2.45, 2.75) is 20.3 Å². The first-order valence-corrected chi connectivity index (χ1v) is 4.68. The smallest absolute Gasteiger partial charge is 0.166 e. The van der Waals surface area contributed by atoms with E-state index < -0.39 is 0 Å². The monoisotopic (exact) mass is 194 g/mol. The average Bonchev–Trinajstić information content (AvgIpc) is 2.20. The molecule has 0 aliphatic rings. The molecule has 0 bridgehead atoms. The van der Waals surface area contributed by atoms with E-state index in [0.29, 0.717) is 24.3 Å². The Labute approximate surface area is 83.3 Å². The van der Waals surface area contributed by atoms with Crippen LogP contribution >= 0.6 is 0 Å². The summed E-state index contributed by atoms with van der Waals surface area (Å²) in [6, 6.07) is 4.70. The van der Waals surface area contributed by atoms with Crippen LogP contribution in [0.1, 0.15) is 30.6 Å². The lowest BCUT2D eigenvalue weighted by Gasteiger charge is -2.06. The molecular formula is C11H14O3. The van der Waals surface area contributed by atoms with Crippen LogP contribution in [0.25, 0.3) is 0 Å². The maximum atomic E-state index is 11.4. The van der Waals surface area contributed by atoms with E-state index in [4.69, 9.17) is 4.74 Å². The maximum absolute atomic E-state index is 11.4. The summed E-state index contributed by atoms with van der Waals surface area (Å²) in [6.45, 7) is 4.17. The highest BCUT2D eigenvalue weighted by Crippen LogP contribution is 2.24. The minimum atomic E-state index is -0.0796. The number of benzene rings is 1. The Bertz CT molecular complexity index is 331. The fourth-order valence-corrected chi connectivity index (χ4v) is 1.19. The molecule has 1 N–H and O–H groups in total. The molecule has 0 saturated heterocycles. The topological polar surface area (TPSA) is 46.5 Å². The van der Waals surface area contributed by atoms with Crippen molar-refractivity contribution in [1.82, 2.24) is 0 Å². The fourth-order valence-electron chi connectivity index (χ4n) is 1.19. The molecular weight excluding hydrogens is 180 g/mol. The number of ketones is 1. The van der Waals surface area contributed by atoms with Crippen LogP contribution in [-0.2, 0) is 0 Å². The van der Waals surface area contributed by atoms with Gasteiger partial charge in [-0.05, 0) is 25.1 Å². The summed E-state index contributed by atoms with van der Waals surface area (Å²) in [5.41, 5.74) is 0.332. The Morgan fingerprint density at radius 3 is 2.71 bits per heavy atom. The molecule has 3 nitrogen and oxygen atoms in total. The molecule has 1 rings (SSSR count). The molecule has 0 aromatic heterocycles. The van der Waals surface area contributed by atoms with E-state index in [1.807, 2.05) is 6.92 Å². The highest BCUT2D eigenvalue weighted by Gasteiger charge is 2.09. The minimum Gasteiger partial charge on any atom is -0.507 e. The molecule has 0 heterocycles. The van der Waals surface area contributed by atoms with Crippen LogP contribution in [-0.4, -0.2) is 17.5 Å². The maximum Gasteiger partial charge on any atom is 0.166 e. The molecule has 76 valence electrons. The van der Waals surface area contributed by atoms with Crippen molar-refractivity contribution in [3.63, 3.8) is 0 Å². The van der Waals surface area contributed by atoms with Gasteiger partial charge < -0.3 is 9.84 Å². The second-order valence-electron chi connectivity index (χ2n) is 2.89. The number of rotatable bonds is 4. The van der Waals surface area contributed by atoms with Crippen molar-refractivity contribution in [2.75, 3.05) is 6.61 Å². The van der Waals surface area contributed by atoms with Gasteiger partial charge in [0.2, 0.25) is 0 Å². The first-order valence-electron chi connectivity index (χ1n) is 4.68. The van der Waals surface area contributed by atoms with Crippen molar-refractivity contribution < 1.29 is 14.6 Å². The number of aromatic hydroxyl groups is 1. The summed E-state index contributed by atoms with van der Waals surface area (Å²) in [6.07, 6.45) is 0.378. The van der Waals surface area contributed by atoms with E-state index in [-0.39, 0.29) is 11.5 Å². The first-order chi connectivity index (χ1) is 6.69. The van der Waals surface area contributed by atoms with Crippen molar-refractivity contribution in [1.29, 1.82) is 0 Å². The van der Waals surface area contributed by atoms with Crippen molar-refractivity contribution in [3.8, 4) is 11.5 Å². The van der Waals surface area contributed by atoms with Gasteiger partial charge >= 0.3 is 0 Å². The molecule has 0 spiro atoms. The van der Waals surface area contributed by atoms with E-state index in [1.165, 1.54) is 6.07 Å². The number of carbonyl (C=O) groups is 1. The molecule has 0 unspecified atom stereocenters. The van der Waals surface area contributed by atoms with E-state index in [2.05, 4.69) is 0 Å². The van der Waals surface area contributed by atoms with Crippen LogP contribution in [0, 0.1) is 0 Å². The predicted octanol–water partition coefficient (Wildman–Crippen LogP) is 2.38. The zero-order chi connectivity index (χ0) is 10.6. The van der Waals surface area contributed by atoms with E-state index >= 15 is 0 Å². The Morgan fingerprint density at radius 2 is 2.14 bits per heavy atom. The van der Waals surface area contributed by atoms with Gasteiger partial charge in [0.1, 0.15) is 11.5 Å². The van der Waals surface area contributed by atoms with Crippen LogP contribution in [0.2, 0.25) is 0 Å². The van der Waals surface area contributed by atoms with Gasteiger partial charge in [-0.15, -0.1) is 0 Å². The zero-order valence-corrected chi connectivity index (χ0v) is 8.41. The molecule has 0 amide bonds. The van der Waals surface area contributed by atoms with Crippen LogP contribution in [0.4, 0.5) is 0 Å². The summed E-state index contributed by atoms with van der Waals surface area (Å²) >= 11 is 0. The second-order valence-corrected chi connectivity index (χ2v) is 2.89. The van der Waals surface area contributed by atoms with Gasteiger partial charge in [-0.2, -0.15) is 0 Å². The van der Waals surface area contributed by atoms with Crippen LogP contribution in [0.5, 0.6) is 11.5 Å². The van der Waals surface area contributed by atoms with Gasteiger partial charge in [-0.1, -0.05) is 6.92 Å². The molecule has 14 heavy (non-hydrogen) atoms. The molecule has 0 aliphatic heterocycles. The summed E-state index contributed by atoms with van der Waals surface area (Å²) in [4.78, 5) is 11.4. The molecule has 0 atom stereocenters. The van der Waals surface area contributed by atoms with Crippen LogP contribution in [0.3, 0.4) is 0 Å². The van der Waals surface area contributed by atoms with E-state index in [1.54, 1.807) is 19.1 Å². The van der Waals surface area contributed by atoms with Gasteiger partial charge in [0, 0.05) is 6.42 Å². The SMILES string of the molecule is CCOc1ccc(O)c(C(=O)CC)c1. The summed E-state index contributed by atoms with van der Waals surface area (Å²) < 4.78 is 5.23. The normalized spacial score (nSPS) is 9.86. The van der Waals surface area contributed by atoms with Crippen molar-refractivity contribution in [2.24, 2.45) is 0 Å². The molecule has 3 heteroatoms. The molecule has 1 aromatic carbocycles. The lowest BCUT2D eigenvalue weighted by Crippen LogP contribution is -1.99.